The van der Waals surface area contributed by atoms with Crippen molar-refractivity contribution in [2.45, 2.75) is 75.6 Å². The molecule has 0 amide bonds. The average Bonchev–Trinajstić information content (AvgIpc) is 3.05. The van der Waals surface area contributed by atoms with Gasteiger partial charge in [0, 0.05) is 30.8 Å². The molecule has 230 valence electrons. The Morgan fingerprint density at radius 1 is 0.864 bits per heavy atom. The largest absolute Gasteiger partial charge is 0.506 e. The van der Waals surface area contributed by atoms with Gasteiger partial charge in [0.1, 0.15) is 11.6 Å². The molecule has 2 N–H and O–H groups in total. The number of rotatable bonds is 9. The second-order valence-electron chi connectivity index (χ2n) is 11.8. The number of phenolic OH excluding ortho intramolecular Hbond substituents is 1. The van der Waals surface area contributed by atoms with E-state index in [4.69, 9.17) is 15.0 Å². The Balaban J connectivity index is 1.32. The number of nitrogens with zero attached hydrogens (tertiary/aromatic N) is 5. The predicted molar refractivity (Wildman–Crippen MR) is 174 cm³/mol. The quantitative estimate of drug-likeness (QED) is 0.207. The number of phenols is 1. The highest BCUT2D eigenvalue weighted by atomic mass is 32.2. The number of hydrogen-bond acceptors (Lipinski definition) is 8. The number of sulfonamides is 1. The Hall–Kier alpha value is -4.18. The summed E-state index contributed by atoms with van der Waals surface area (Å²) in [4.78, 5) is 16.9. The summed E-state index contributed by atoms with van der Waals surface area (Å²) in [5, 5.41) is 14.6. The number of aryl methyl sites for hydroxylation is 1. The van der Waals surface area contributed by atoms with Gasteiger partial charge in [-0.3, -0.25) is 4.31 Å². The lowest BCUT2D eigenvalue weighted by molar-refractivity contribution is 0.427. The fourth-order valence-electron chi connectivity index (χ4n) is 6.04. The second-order valence-corrected chi connectivity index (χ2v) is 13.7. The van der Waals surface area contributed by atoms with Gasteiger partial charge >= 0.3 is 0 Å². The lowest BCUT2D eigenvalue weighted by Gasteiger charge is -2.28. The molecule has 1 saturated heterocycles. The maximum atomic E-state index is 13.9. The Morgan fingerprint density at radius 2 is 1.57 bits per heavy atom. The van der Waals surface area contributed by atoms with E-state index in [1.54, 1.807) is 36.4 Å². The van der Waals surface area contributed by atoms with Crippen LogP contribution in [0, 0.1) is 6.92 Å². The third-order valence-electron chi connectivity index (χ3n) is 8.53. The van der Waals surface area contributed by atoms with E-state index in [1.165, 1.54) is 36.1 Å². The third-order valence-corrected chi connectivity index (χ3v) is 10.3. The highest BCUT2D eigenvalue weighted by Crippen LogP contribution is 2.37. The van der Waals surface area contributed by atoms with Gasteiger partial charge < -0.3 is 15.3 Å². The Kier molecular flexibility index (Phi) is 8.97. The van der Waals surface area contributed by atoms with Crippen molar-refractivity contribution in [2.75, 3.05) is 27.6 Å². The first-order chi connectivity index (χ1) is 21.4. The van der Waals surface area contributed by atoms with Gasteiger partial charge in [-0.25, -0.2) is 8.42 Å². The minimum Gasteiger partial charge on any atom is -0.506 e. The fraction of sp³-hybridized carbons (Fsp3) is 0.382. The number of aromatic nitrogens is 3. The molecule has 1 aliphatic heterocycles. The van der Waals surface area contributed by atoms with Gasteiger partial charge in [-0.15, -0.1) is 0 Å². The maximum Gasteiger partial charge on any atom is 0.264 e. The zero-order valence-corrected chi connectivity index (χ0v) is 26.0. The van der Waals surface area contributed by atoms with Crippen molar-refractivity contribution in [3.8, 4) is 5.75 Å². The summed E-state index contributed by atoms with van der Waals surface area (Å²) in [6, 6.07) is 21.0. The van der Waals surface area contributed by atoms with E-state index in [0.717, 1.165) is 55.7 Å². The average molecular weight is 613 g/mol. The van der Waals surface area contributed by atoms with Crippen molar-refractivity contribution in [3.05, 3.63) is 89.7 Å². The SMILES string of the molecule is Cc1ccc(S(=O)(=O)N(Cc2ccccc2)c2ccc(Nc3nc(C4CCCCC4)nc(N4CCCCC4)n3)cc2O)cc1. The van der Waals surface area contributed by atoms with Gasteiger partial charge in [0.05, 0.1) is 17.1 Å². The molecule has 44 heavy (non-hydrogen) atoms. The van der Waals surface area contributed by atoms with Crippen LogP contribution in [0.15, 0.2) is 77.7 Å². The van der Waals surface area contributed by atoms with Gasteiger partial charge in [0.25, 0.3) is 10.0 Å². The van der Waals surface area contributed by atoms with Crippen LogP contribution in [0.3, 0.4) is 0 Å². The van der Waals surface area contributed by atoms with E-state index < -0.39 is 10.0 Å². The van der Waals surface area contributed by atoms with Gasteiger partial charge in [0.2, 0.25) is 11.9 Å². The Labute approximate surface area is 260 Å². The first-order valence-electron chi connectivity index (χ1n) is 15.6. The normalized spacial score (nSPS) is 16.1. The van der Waals surface area contributed by atoms with E-state index in [-0.39, 0.29) is 22.9 Å². The van der Waals surface area contributed by atoms with Crippen molar-refractivity contribution in [3.63, 3.8) is 0 Å². The molecule has 10 heteroatoms. The lowest BCUT2D eigenvalue weighted by Crippen LogP contribution is -2.32. The molecule has 0 atom stereocenters. The van der Waals surface area contributed by atoms with Crippen LogP contribution in [-0.2, 0) is 16.6 Å². The van der Waals surface area contributed by atoms with E-state index in [0.29, 0.717) is 23.5 Å². The third kappa shape index (κ3) is 6.80. The summed E-state index contributed by atoms with van der Waals surface area (Å²) in [5.41, 5.74) is 2.51. The van der Waals surface area contributed by atoms with Gasteiger partial charge in [-0.1, -0.05) is 67.3 Å². The summed E-state index contributed by atoms with van der Waals surface area (Å²) in [7, 11) is -3.99. The molecule has 0 radical (unpaired) electrons. The van der Waals surface area contributed by atoms with Gasteiger partial charge in [-0.2, -0.15) is 15.0 Å². The van der Waals surface area contributed by atoms with E-state index in [1.807, 2.05) is 37.3 Å². The molecule has 2 heterocycles. The molecule has 2 aliphatic rings. The standard InChI is InChI=1S/C34H40N6O3S/c1-25-15-18-29(19-16-25)44(42,43)40(24-26-11-5-2-6-12-26)30-20-17-28(23-31(30)41)35-33-36-32(27-13-7-3-8-14-27)37-34(38-33)39-21-9-4-10-22-39/h2,5-6,11-12,15-20,23,27,41H,3-4,7-10,13-14,21-22,24H2,1H3,(H,35,36,37,38). The van der Waals surface area contributed by atoms with Gasteiger partial charge in [0.15, 0.2) is 0 Å². The number of anilines is 4. The van der Waals surface area contributed by atoms with Crippen molar-refractivity contribution in [2.24, 2.45) is 0 Å². The molecule has 4 aromatic rings. The Morgan fingerprint density at radius 3 is 2.27 bits per heavy atom. The number of piperidine rings is 1. The molecule has 1 saturated carbocycles. The summed E-state index contributed by atoms with van der Waals surface area (Å²) in [6.07, 6.45) is 9.21. The maximum absolute atomic E-state index is 13.9. The van der Waals surface area contributed by atoms with Crippen LogP contribution in [0.25, 0.3) is 0 Å². The van der Waals surface area contributed by atoms with E-state index >= 15 is 0 Å². The summed E-state index contributed by atoms with van der Waals surface area (Å²) < 4.78 is 29.1. The molecule has 2 fully saturated rings. The van der Waals surface area contributed by atoms with Crippen molar-refractivity contribution < 1.29 is 13.5 Å². The van der Waals surface area contributed by atoms with E-state index in [9.17, 15) is 13.5 Å². The fourth-order valence-corrected chi connectivity index (χ4v) is 7.51. The molecule has 6 rings (SSSR count). The summed E-state index contributed by atoms with van der Waals surface area (Å²) in [5.74, 6) is 2.09. The van der Waals surface area contributed by atoms with Crippen LogP contribution in [0.1, 0.15) is 74.2 Å². The molecule has 1 aliphatic carbocycles. The topological polar surface area (TPSA) is 112 Å². The molecule has 3 aromatic carbocycles. The molecular formula is C34H40N6O3S. The monoisotopic (exact) mass is 612 g/mol. The predicted octanol–water partition coefficient (Wildman–Crippen LogP) is 7.06. The molecular weight excluding hydrogens is 572 g/mol. The minimum absolute atomic E-state index is 0.0643. The van der Waals surface area contributed by atoms with Gasteiger partial charge in [-0.05, 0) is 68.9 Å². The molecule has 0 bridgehead atoms. The first kappa shape index (κ1) is 29.9. The molecule has 9 nitrogen and oxygen atoms in total. The Bertz CT molecular complexity index is 1630. The first-order valence-corrected chi connectivity index (χ1v) is 17.1. The van der Waals surface area contributed by atoms with Crippen LogP contribution in [0.5, 0.6) is 5.75 Å². The number of benzene rings is 3. The van der Waals surface area contributed by atoms with Crippen molar-refractivity contribution in [1.82, 2.24) is 15.0 Å². The zero-order valence-electron chi connectivity index (χ0n) is 25.2. The zero-order chi connectivity index (χ0) is 30.5. The van der Waals surface area contributed by atoms with Crippen LogP contribution in [-0.4, -0.2) is 41.6 Å². The number of nitrogens with one attached hydrogen (secondary N) is 1. The van der Waals surface area contributed by atoms with Crippen LogP contribution >= 0.6 is 0 Å². The molecule has 1 aromatic heterocycles. The van der Waals surface area contributed by atoms with Crippen LogP contribution in [0.2, 0.25) is 0 Å². The molecule has 0 spiro atoms. The lowest BCUT2D eigenvalue weighted by atomic mass is 9.89. The number of aromatic hydroxyl groups is 1. The summed E-state index contributed by atoms with van der Waals surface area (Å²) >= 11 is 0. The molecule has 0 unspecified atom stereocenters. The number of hydrogen-bond donors (Lipinski definition) is 2. The summed E-state index contributed by atoms with van der Waals surface area (Å²) in [6.45, 7) is 3.83. The van der Waals surface area contributed by atoms with E-state index in [2.05, 4.69) is 10.2 Å². The van der Waals surface area contributed by atoms with Crippen molar-refractivity contribution >= 4 is 33.3 Å². The van der Waals surface area contributed by atoms with Crippen LogP contribution < -0.4 is 14.5 Å². The minimum atomic E-state index is -3.99. The highest BCUT2D eigenvalue weighted by Gasteiger charge is 2.28. The highest BCUT2D eigenvalue weighted by molar-refractivity contribution is 7.92. The smallest absolute Gasteiger partial charge is 0.264 e. The second kappa shape index (κ2) is 13.2. The van der Waals surface area contributed by atoms with Crippen molar-refractivity contribution in [1.29, 1.82) is 0 Å². The van der Waals surface area contributed by atoms with Crippen LogP contribution in [0.4, 0.5) is 23.3 Å².